The van der Waals surface area contributed by atoms with Gasteiger partial charge >= 0.3 is 0 Å². The van der Waals surface area contributed by atoms with Crippen molar-refractivity contribution in [3.8, 4) is 56.3 Å². The number of pyridine rings is 5. The molecule has 0 bridgehead atoms. The van der Waals surface area contributed by atoms with E-state index in [1.165, 1.54) is 69.2 Å². The quantitative estimate of drug-likeness (QED) is 0.135. The van der Waals surface area contributed by atoms with Crippen molar-refractivity contribution >= 4 is 0 Å². The molecule has 5 heteroatoms. The van der Waals surface area contributed by atoms with E-state index in [1.807, 2.05) is 152 Å². The molecule has 93 heavy (non-hydrogen) atoms. The van der Waals surface area contributed by atoms with Crippen LogP contribution in [0.15, 0.2) is 164 Å². The van der Waals surface area contributed by atoms with Gasteiger partial charge in [-0.1, -0.05) is 138 Å². The van der Waals surface area contributed by atoms with Gasteiger partial charge in [-0.3, -0.25) is 0 Å². The molecule has 0 aliphatic heterocycles. The Morgan fingerprint density at radius 2 is 0.903 bits per heavy atom. The van der Waals surface area contributed by atoms with Crippen LogP contribution in [0.5, 0.6) is 0 Å². The molecule has 0 saturated heterocycles. The Labute approximate surface area is 594 Å². The smallest absolute Gasteiger partial charge is 0.201 e. The molecule has 0 N–H and O–H groups in total. The van der Waals surface area contributed by atoms with Gasteiger partial charge in [0.15, 0.2) is 29.0 Å². The summed E-state index contributed by atoms with van der Waals surface area (Å²) in [6.07, 6.45) is 9.05. The van der Waals surface area contributed by atoms with E-state index in [4.69, 9.17) is 30.2 Å². The number of aromatic nitrogens is 5. The lowest BCUT2D eigenvalue weighted by Crippen LogP contribution is -2.37. The van der Waals surface area contributed by atoms with Crippen molar-refractivity contribution in [2.24, 2.45) is 40.7 Å². The average molecular weight is 1260 g/mol. The van der Waals surface area contributed by atoms with Gasteiger partial charge in [0, 0.05) is 144 Å². The molecule has 1 aliphatic rings. The third-order valence-corrected chi connectivity index (χ3v) is 18.1. The SMILES string of the molecule is Cc1ccccc1-c1cc(C2CCCC2)c(CC(C)(C)C)c[n+]1C.[2H]C([2H])([2H])c1c(C([2H])(C)C([2H])([2H])[2H])ccc(-c2ccccc2C)[n+]1C.[2H]C([2H])([2H])c1c(C)c(C)c(-c2ccccc2C)[n+](C)c1C([2H])([2H])[2H].[2H]C([2H])([2H])c1c(C)cc(-c2ccccc2C)[n+](C)c1C([2H])([2H])[2H].[2H]C([2H])([2H])c1cc(C)cc(-c2ccccc2C)[n+]1C. The molecule has 5 aromatic heterocycles. The molecule has 1 aliphatic carbocycles. The molecule has 1 unspecified atom stereocenters. The van der Waals surface area contributed by atoms with Crippen LogP contribution < -0.4 is 22.8 Å². The second-order valence-corrected chi connectivity index (χ2v) is 26.4. The number of nitrogens with zero attached hydrogens (tertiary/aromatic N) is 5. The highest BCUT2D eigenvalue weighted by Crippen LogP contribution is 2.39. The minimum atomic E-state index is -2.65. The van der Waals surface area contributed by atoms with Gasteiger partial charge in [-0.2, -0.15) is 18.3 Å². The minimum Gasteiger partial charge on any atom is -0.201 e. The fourth-order valence-electron chi connectivity index (χ4n) is 12.4. The van der Waals surface area contributed by atoms with Crippen LogP contribution in [-0.2, 0) is 41.7 Å². The van der Waals surface area contributed by atoms with Crippen LogP contribution in [-0.4, -0.2) is 0 Å². The summed E-state index contributed by atoms with van der Waals surface area (Å²) in [5.41, 5.74) is 21.0. The molecule has 1 saturated carbocycles. The largest absolute Gasteiger partial charge is 0.215 e. The van der Waals surface area contributed by atoms with Crippen LogP contribution in [0.1, 0.15) is 203 Å². The molecule has 5 nitrogen and oxygen atoms in total. The van der Waals surface area contributed by atoms with Crippen molar-refractivity contribution in [3.05, 3.63) is 265 Å². The van der Waals surface area contributed by atoms with E-state index < -0.39 is 53.9 Å². The van der Waals surface area contributed by atoms with E-state index >= 15 is 0 Å². The van der Waals surface area contributed by atoms with E-state index in [1.54, 1.807) is 68.9 Å². The Hall–Kier alpha value is -8.15. The molecule has 486 valence electrons. The van der Waals surface area contributed by atoms with Crippen LogP contribution in [0.2, 0.25) is 0 Å². The maximum atomic E-state index is 8.33. The second kappa shape index (κ2) is 31.7. The van der Waals surface area contributed by atoms with Gasteiger partial charge in [0.05, 0.1) is 0 Å². The highest BCUT2D eigenvalue weighted by molar-refractivity contribution is 5.67. The number of hydrogen-bond donors (Lipinski definition) is 0. The lowest BCUT2D eigenvalue weighted by atomic mass is 9.83. The van der Waals surface area contributed by atoms with Crippen molar-refractivity contribution in [1.29, 1.82) is 0 Å². The number of benzene rings is 5. The van der Waals surface area contributed by atoms with Crippen LogP contribution in [0.25, 0.3) is 56.3 Å². The van der Waals surface area contributed by atoms with Crippen LogP contribution in [0.4, 0.5) is 0 Å². The maximum absolute atomic E-state index is 8.33. The molecule has 1 fully saturated rings. The van der Waals surface area contributed by atoms with Gasteiger partial charge in [-0.05, 0) is 199 Å². The fourth-order valence-corrected chi connectivity index (χ4v) is 12.4. The Morgan fingerprint density at radius 1 is 0.441 bits per heavy atom. The topological polar surface area (TPSA) is 19.4 Å². The Morgan fingerprint density at radius 3 is 1.38 bits per heavy atom. The van der Waals surface area contributed by atoms with E-state index in [0.29, 0.717) is 33.6 Å². The van der Waals surface area contributed by atoms with Crippen LogP contribution in [0, 0.1) is 109 Å². The molecular weight excluding hydrogens is 1130 g/mol. The molecular formula is C88H114N5+5. The standard InChI is InChI=1S/C23H32N.2C17H22N.C16H20N.C15H18N/c1-17-10-6-9-13-20(17)22-14-21(18-11-7-8-12-18)19(16-24(22)5)15-23(2,3)4;1-11-9-7-8-10-16(11)17-14(4)12(2)13(3)15(5)18(17)6;1-12(2)15-10-11-17(18(5)14(15)4)16-9-7-6-8-13(16)3;1-11-8-6-7-9-15(11)16-10-12(2)13(3)14(4)17(16)5;1-11-9-13(3)16(4)15(10-11)14-8-6-5-7-12(14)2/h6,9-10,13-14,16,18H,7-8,11-12,15H2,1-5H3;7-10H,1-6H3;6-12H,1-5H3;6-10H,1-5H3;5-10H,1-4H3/q5*+1/i;3D3,5D3;1D3,4D3,12D;3D3,4D3;3D3. The number of hydrogen-bond acceptors (Lipinski definition) is 0. The summed E-state index contributed by atoms with van der Waals surface area (Å²) >= 11 is 0. The highest BCUT2D eigenvalue weighted by atomic mass is 15.0. The molecule has 5 aromatic carbocycles. The average Bonchev–Trinajstić information content (AvgIpc) is 0.992. The molecule has 10 aromatic rings. The first kappa shape index (κ1) is 46.8. The van der Waals surface area contributed by atoms with Gasteiger partial charge in [-0.15, -0.1) is 0 Å². The Bertz CT molecular complexity index is 5140. The van der Waals surface area contributed by atoms with Crippen molar-refractivity contribution in [1.82, 2.24) is 0 Å². The van der Waals surface area contributed by atoms with E-state index in [-0.39, 0.29) is 33.8 Å². The first-order chi connectivity index (χ1) is 52.7. The molecule has 1 atom stereocenters. The van der Waals surface area contributed by atoms with Crippen LogP contribution >= 0.6 is 0 Å². The molecule has 11 rings (SSSR count). The predicted molar refractivity (Wildman–Crippen MR) is 395 cm³/mol. The Balaban J connectivity index is 0.000000199. The predicted octanol–water partition coefficient (Wildman–Crippen LogP) is 19.9. The lowest BCUT2D eigenvalue weighted by molar-refractivity contribution is -0.667. The molecule has 0 amide bonds. The van der Waals surface area contributed by atoms with Crippen molar-refractivity contribution < 1.29 is 53.0 Å². The first-order valence-electron chi connectivity index (χ1n) is 43.2. The van der Waals surface area contributed by atoms with E-state index in [2.05, 4.69) is 75.8 Å². The summed E-state index contributed by atoms with van der Waals surface area (Å²) < 4.78 is 180. The van der Waals surface area contributed by atoms with Gasteiger partial charge in [0.1, 0.15) is 35.2 Å². The molecule has 5 heterocycles. The summed E-state index contributed by atoms with van der Waals surface area (Å²) in [6, 6.07) is 50.8. The zero-order valence-electron chi connectivity index (χ0n) is 80.4. The monoisotopic (exact) mass is 1260 g/mol. The first-order valence-corrected chi connectivity index (χ1v) is 32.2. The summed E-state index contributed by atoms with van der Waals surface area (Å²) in [7, 11) is 8.85. The maximum Gasteiger partial charge on any atom is 0.215 e. The van der Waals surface area contributed by atoms with E-state index in [0.717, 1.165) is 79.4 Å². The minimum absolute atomic E-state index is 0.00710. The van der Waals surface area contributed by atoms with Gasteiger partial charge in [0.2, 0.25) is 28.5 Å². The molecule has 0 spiro atoms. The number of rotatable bonds is 8. The van der Waals surface area contributed by atoms with Crippen molar-refractivity contribution in [2.75, 3.05) is 0 Å². The van der Waals surface area contributed by atoms with Crippen LogP contribution in [0.3, 0.4) is 0 Å². The van der Waals surface area contributed by atoms with E-state index in [9.17, 15) is 0 Å². The summed E-state index contributed by atoms with van der Waals surface area (Å²) in [5.74, 6) is -1.27. The second-order valence-electron chi connectivity index (χ2n) is 26.4. The summed E-state index contributed by atoms with van der Waals surface area (Å²) in [4.78, 5) is 0. The van der Waals surface area contributed by atoms with Crippen molar-refractivity contribution in [3.63, 3.8) is 0 Å². The summed E-state index contributed by atoms with van der Waals surface area (Å²) in [5, 5.41) is 0. The van der Waals surface area contributed by atoms with Gasteiger partial charge in [-0.25, -0.2) is 4.57 Å². The van der Waals surface area contributed by atoms with Gasteiger partial charge < -0.3 is 0 Å². The normalized spacial score (nSPS) is 17.1. The van der Waals surface area contributed by atoms with Gasteiger partial charge in [0.25, 0.3) is 0 Å². The fraction of sp³-hybridized carbons (Fsp3) is 0.375. The van der Waals surface area contributed by atoms with Crippen molar-refractivity contribution in [2.45, 2.75) is 182 Å². The number of aryl methyl sites for hydroxylation is 9. The lowest BCUT2D eigenvalue weighted by Gasteiger charge is -2.22. The zero-order valence-corrected chi connectivity index (χ0v) is 58.4. The molecule has 0 radical (unpaired) electrons. The third-order valence-electron chi connectivity index (χ3n) is 18.1. The summed E-state index contributed by atoms with van der Waals surface area (Å²) in [6.45, 7) is 8.18. The third kappa shape index (κ3) is 17.4. The Kier molecular flexibility index (Phi) is 15.9. The highest BCUT2D eigenvalue weighted by Gasteiger charge is 2.28. The zero-order chi connectivity index (χ0) is 86.8.